The standard InChI is InChI=1S/C17H26N6O2/c1-13(2)9-16-19-15(20-25-16)11-22-5-4-6-23(8-7-22)17(24)14-10-18-12-21(14)3/h10,12-13H,4-9,11H2,1-3H3. The number of hydrogen-bond acceptors (Lipinski definition) is 6. The summed E-state index contributed by atoms with van der Waals surface area (Å²) in [5.74, 6) is 1.97. The van der Waals surface area contributed by atoms with Gasteiger partial charge in [-0.15, -0.1) is 0 Å². The number of amides is 1. The van der Waals surface area contributed by atoms with Crippen LogP contribution in [0.25, 0.3) is 0 Å². The molecule has 8 nitrogen and oxygen atoms in total. The first-order chi connectivity index (χ1) is 12.0. The van der Waals surface area contributed by atoms with Crippen LogP contribution in [0.3, 0.4) is 0 Å². The van der Waals surface area contributed by atoms with Crippen LogP contribution >= 0.6 is 0 Å². The topological polar surface area (TPSA) is 80.3 Å². The SMILES string of the molecule is CC(C)Cc1nc(CN2CCCN(C(=O)c3cncn3C)CC2)no1. The van der Waals surface area contributed by atoms with Gasteiger partial charge in [-0.05, 0) is 12.3 Å². The summed E-state index contributed by atoms with van der Waals surface area (Å²) >= 11 is 0. The second-order valence-corrected chi connectivity index (χ2v) is 7.01. The van der Waals surface area contributed by atoms with E-state index in [-0.39, 0.29) is 5.91 Å². The highest BCUT2D eigenvalue weighted by Gasteiger charge is 2.23. The van der Waals surface area contributed by atoms with Crippen LogP contribution in [0.5, 0.6) is 0 Å². The number of rotatable bonds is 5. The molecule has 8 heteroatoms. The molecule has 0 spiro atoms. The van der Waals surface area contributed by atoms with Crippen molar-refractivity contribution in [2.24, 2.45) is 13.0 Å². The molecule has 1 saturated heterocycles. The van der Waals surface area contributed by atoms with Crippen LogP contribution in [0.4, 0.5) is 0 Å². The van der Waals surface area contributed by atoms with Gasteiger partial charge in [-0.1, -0.05) is 19.0 Å². The monoisotopic (exact) mass is 346 g/mol. The van der Waals surface area contributed by atoms with Gasteiger partial charge < -0.3 is 14.0 Å². The molecule has 2 aromatic rings. The number of carbonyl (C=O) groups is 1. The first-order valence-electron chi connectivity index (χ1n) is 8.82. The Morgan fingerprint density at radius 1 is 1.28 bits per heavy atom. The minimum absolute atomic E-state index is 0.0423. The molecule has 136 valence electrons. The molecular weight excluding hydrogens is 320 g/mol. The van der Waals surface area contributed by atoms with E-state index in [1.54, 1.807) is 17.1 Å². The molecule has 0 saturated carbocycles. The van der Waals surface area contributed by atoms with Crippen molar-refractivity contribution in [2.75, 3.05) is 26.2 Å². The van der Waals surface area contributed by atoms with Gasteiger partial charge in [0.2, 0.25) is 5.89 Å². The highest BCUT2D eigenvalue weighted by Crippen LogP contribution is 2.12. The van der Waals surface area contributed by atoms with Gasteiger partial charge in [0.25, 0.3) is 5.91 Å². The van der Waals surface area contributed by atoms with Gasteiger partial charge in [-0.25, -0.2) is 4.98 Å². The highest BCUT2D eigenvalue weighted by molar-refractivity contribution is 5.92. The van der Waals surface area contributed by atoms with Crippen molar-refractivity contribution in [2.45, 2.75) is 33.2 Å². The third-order valence-electron chi connectivity index (χ3n) is 4.37. The van der Waals surface area contributed by atoms with Crippen molar-refractivity contribution in [3.63, 3.8) is 0 Å². The molecule has 0 radical (unpaired) electrons. The zero-order valence-corrected chi connectivity index (χ0v) is 15.2. The minimum Gasteiger partial charge on any atom is -0.339 e. The van der Waals surface area contributed by atoms with Crippen molar-refractivity contribution >= 4 is 5.91 Å². The third-order valence-corrected chi connectivity index (χ3v) is 4.37. The van der Waals surface area contributed by atoms with E-state index in [1.165, 1.54) is 0 Å². The van der Waals surface area contributed by atoms with Gasteiger partial charge in [0.1, 0.15) is 5.69 Å². The predicted molar refractivity (Wildman–Crippen MR) is 91.8 cm³/mol. The fourth-order valence-electron chi connectivity index (χ4n) is 3.04. The van der Waals surface area contributed by atoms with E-state index in [4.69, 9.17) is 4.52 Å². The smallest absolute Gasteiger partial charge is 0.272 e. The molecule has 0 atom stereocenters. The van der Waals surface area contributed by atoms with E-state index < -0.39 is 0 Å². The van der Waals surface area contributed by atoms with Crippen LogP contribution in [-0.2, 0) is 20.0 Å². The summed E-state index contributed by atoms with van der Waals surface area (Å²) in [6, 6.07) is 0. The molecule has 1 amide bonds. The number of hydrogen-bond donors (Lipinski definition) is 0. The molecular formula is C17H26N6O2. The fourth-order valence-corrected chi connectivity index (χ4v) is 3.04. The molecule has 1 aliphatic rings. The number of aryl methyl sites for hydroxylation is 1. The van der Waals surface area contributed by atoms with Gasteiger partial charge in [-0.2, -0.15) is 4.98 Å². The molecule has 0 N–H and O–H groups in total. The molecule has 0 unspecified atom stereocenters. The zero-order chi connectivity index (χ0) is 17.8. The van der Waals surface area contributed by atoms with Gasteiger partial charge in [0, 0.05) is 39.6 Å². The van der Waals surface area contributed by atoms with Crippen LogP contribution in [0, 0.1) is 5.92 Å². The minimum atomic E-state index is 0.0423. The van der Waals surface area contributed by atoms with Crippen molar-refractivity contribution in [3.8, 4) is 0 Å². The second-order valence-electron chi connectivity index (χ2n) is 7.01. The van der Waals surface area contributed by atoms with Crippen molar-refractivity contribution in [1.82, 2.24) is 29.5 Å². The summed E-state index contributed by atoms with van der Waals surface area (Å²) in [4.78, 5) is 25.3. The average molecular weight is 346 g/mol. The Balaban J connectivity index is 1.55. The van der Waals surface area contributed by atoms with Crippen LogP contribution in [0.1, 0.15) is 42.5 Å². The maximum Gasteiger partial charge on any atom is 0.272 e. The van der Waals surface area contributed by atoms with Gasteiger partial charge in [0.05, 0.1) is 19.1 Å². The molecule has 3 rings (SSSR count). The molecule has 1 fully saturated rings. The van der Waals surface area contributed by atoms with Gasteiger partial charge >= 0.3 is 0 Å². The Hall–Kier alpha value is -2.22. The van der Waals surface area contributed by atoms with E-state index in [0.717, 1.165) is 38.3 Å². The molecule has 0 bridgehead atoms. The van der Waals surface area contributed by atoms with Crippen LogP contribution < -0.4 is 0 Å². The van der Waals surface area contributed by atoms with Crippen LogP contribution in [-0.4, -0.2) is 61.6 Å². The fraction of sp³-hybridized carbons (Fsp3) is 0.647. The van der Waals surface area contributed by atoms with E-state index in [1.807, 2.05) is 11.9 Å². The first kappa shape index (κ1) is 17.6. The zero-order valence-electron chi connectivity index (χ0n) is 15.2. The summed E-state index contributed by atoms with van der Waals surface area (Å²) in [5, 5.41) is 4.08. The Morgan fingerprint density at radius 2 is 2.12 bits per heavy atom. The lowest BCUT2D eigenvalue weighted by Gasteiger charge is -2.21. The summed E-state index contributed by atoms with van der Waals surface area (Å²) in [5.41, 5.74) is 0.630. The van der Waals surface area contributed by atoms with Crippen molar-refractivity contribution in [1.29, 1.82) is 0 Å². The molecule has 25 heavy (non-hydrogen) atoms. The van der Waals surface area contributed by atoms with Crippen LogP contribution in [0.2, 0.25) is 0 Å². The maximum atomic E-state index is 12.6. The van der Waals surface area contributed by atoms with E-state index in [2.05, 4.69) is 33.9 Å². The lowest BCUT2D eigenvalue weighted by molar-refractivity contribution is 0.0751. The summed E-state index contributed by atoms with van der Waals surface area (Å²) in [6.45, 7) is 8.10. The lowest BCUT2D eigenvalue weighted by Crippen LogP contribution is -2.36. The molecule has 1 aliphatic heterocycles. The molecule has 3 heterocycles. The number of nitrogens with zero attached hydrogens (tertiary/aromatic N) is 6. The molecule has 0 aromatic carbocycles. The number of imidazole rings is 1. The van der Waals surface area contributed by atoms with Gasteiger partial charge in [0.15, 0.2) is 5.82 Å². The Labute approximate surface area is 147 Å². The first-order valence-corrected chi connectivity index (χ1v) is 8.82. The summed E-state index contributed by atoms with van der Waals surface area (Å²) in [6.07, 6.45) is 5.02. The van der Waals surface area contributed by atoms with Crippen LogP contribution in [0.15, 0.2) is 17.0 Å². The summed E-state index contributed by atoms with van der Waals surface area (Å²) < 4.78 is 7.07. The number of aromatic nitrogens is 4. The van der Waals surface area contributed by atoms with Crippen molar-refractivity contribution in [3.05, 3.63) is 29.9 Å². The molecule has 0 aliphatic carbocycles. The van der Waals surface area contributed by atoms with E-state index in [0.29, 0.717) is 30.6 Å². The summed E-state index contributed by atoms with van der Waals surface area (Å²) in [7, 11) is 1.84. The van der Waals surface area contributed by atoms with E-state index >= 15 is 0 Å². The second kappa shape index (κ2) is 7.77. The van der Waals surface area contributed by atoms with Gasteiger partial charge in [-0.3, -0.25) is 9.69 Å². The highest BCUT2D eigenvalue weighted by atomic mass is 16.5. The van der Waals surface area contributed by atoms with Crippen molar-refractivity contribution < 1.29 is 9.32 Å². The normalized spacial score (nSPS) is 16.4. The average Bonchev–Trinajstić information content (AvgIpc) is 3.10. The van der Waals surface area contributed by atoms with E-state index in [9.17, 15) is 4.79 Å². The Morgan fingerprint density at radius 3 is 2.84 bits per heavy atom. The third kappa shape index (κ3) is 4.45. The Bertz CT molecular complexity index is 708. The quantitative estimate of drug-likeness (QED) is 0.813. The lowest BCUT2D eigenvalue weighted by atomic mass is 10.1. The predicted octanol–water partition coefficient (Wildman–Crippen LogP) is 1.35. The molecule has 2 aromatic heterocycles. The Kier molecular flexibility index (Phi) is 5.47. The largest absolute Gasteiger partial charge is 0.339 e. The number of carbonyl (C=O) groups excluding carboxylic acids is 1. The maximum absolute atomic E-state index is 12.6.